The summed E-state index contributed by atoms with van der Waals surface area (Å²) < 4.78 is 12.0. The van der Waals surface area contributed by atoms with Gasteiger partial charge in [-0.1, -0.05) is 0 Å². The van der Waals surface area contributed by atoms with Crippen LogP contribution in [0.2, 0.25) is 0 Å². The molecule has 0 aliphatic heterocycles. The molecule has 1 rings (SSSR count). The first-order valence-electron chi connectivity index (χ1n) is 3.68. The number of anilines is 1. The van der Waals surface area contributed by atoms with E-state index in [4.69, 9.17) is 5.73 Å². The van der Waals surface area contributed by atoms with E-state index in [2.05, 4.69) is 4.99 Å². The molecule has 2 N–H and O–H groups in total. The average molecular weight is 166 g/mol. The van der Waals surface area contributed by atoms with Crippen LogP contribution in [-0.2, 0) is 0 Å². The van der Waals surface area contributed by atoms with Crippen LogP contribution < -0.4 is 5.73 Å². The van der Waals surface area contributed by atoms with E-state index < -0.39 is 6.67 Å². The Morgan fingerprint density at radius 2 is 2.00 bits per heavy atom. The summed E-state index contributed by atoms with van der Waals surface area (Å²) in [7, 11) is 0. The maximum atomic E-state index is 12.0. The maximum Gasteiger partial charge on any atom is 0.127 e. The van der Waals surface area contributed by atoms with Crippen molar-refractivity contribution >= 4 is 17.1 Å². The van der Waals surface area contributed by atoms with Crippen molar-refractivity contribution in [1.82, 2.24) is 0 Å². The maximum absolute atomic E-state index is 12.0. The third kappa shape index (κ3) is 2.34. The molecule has 0 radical (unpaired) electrons. The number of hydrogen-bond acceptors (Lipinski definition) is 2. The number of rotatable bonds is 2. The Morgan fingerprint density at radius 3 is 2.50 bits per heavy atom. The monoisotopic (exact) mass is 166 g/mol. The van der Waals surface area contributed by atoms with Crippen LogP contribution in [0, 0.1) is 0 Å². The van der Waals surface area contributed by atoms with Crippen LogP contribution in [0.25, 0.3) is 0 Å². The normalized spacial score (nSPS) is 11.7. The van der Waals surface area contributed by atoms with Gasteiger partial charge in [0.15, 0.2) is 0 Å². The molecule has 0 bridgehead atoms. The van der Waals surface area contributed by atoms with Crippen LogP contribution in [0.3, 0.4) is 0 Å². The minimum Gasteiger partial charge on any atom is -0.399 e. The van der Waals surface area contributed by atoms with Crippen LogP contribution in [0.5, 0.6) is 0 Å². The van der Waals surface area contributed by atoms with Crippen LogP contribution in [0.15, 0.2) is 29.3 Å². The number of nitrogens with two attached hydrogens (primary N) is 1. The Labute approximate surface area is 70.9 Å². The molecule has 2 nitrogen and oxygen atoms in total. The molecule has 1 aromatic carbocycles. The lowest BCUT2D eigenvalue weighted by Crippen LogP contribution is -1.91. The number of alkyl halides is 1. The first-order chi connectivity index (χ1) is 5.72. The van der Waals surface area contributed by atoms with E-state index in [-0.39, 0.29) is 0 Å². The van der Waals surface area contributed by atoms with E-state index >= 15 is 0 Å². The molecule has 0 aromatic heterocycles. The van der Waals surface area contributed by atoms with E-state index in [1.165, 1.54) is 0 Å². The fourth-order valence-corrected chi connectivity index (χ4v) is 0.799. The molecular formula is C9H11FN2. The summed E-state index contributed by atoms with van der Waals surface area (Å²) in [5.74, 6) is 0. The summed E-state index contributed by atoms with van der Waals surface area (Å²) in [5, 5.41) is 0. The molecule has 1 aromatic rings. The molecule has 0 saturated carbocycles. The third-order valence-electron chi connectivity index (χ3n) is 1.41. The lowest BCUT2D eigenvalue weighted by molar-refractivity contribution is 0.580. The first kappa shape index (κ1) is 8.71. The van der Waals surface area contributed by atoms with Crippen molar-refractivity contribution in [1.29, 1.82) is 0 Å². The molecule has 0 aliphatic carbocycles. The van der Waals surface area contributed by atoms with Crippen LogP contribution >= 0.6 is 0 Å². The van der Waals surface area contributed by atoms with Crippen LogP contribution in [0.4, 0.5) is 15.8 Å². The number of hydrogen-bond donors (Lipinski definition) is 1. The van der Waals surface area contributed by atoms with E-state index in [0.29, 0.717) is 11.4 Å². The second-order valence-electron chi connectivity index (χ2n) is 2.57. The third-order valence-corrected chi connectivity index (χ3v) is 1.41. The van der Waals surface area contributed by atoms with Gasteiger partial charge in [0.1, 0.15) is 6.67 Å². The highest BCUT2D eigenvalue weighted by Crippen LogP contribution is 2.14. The molecule has 0 saturated heterocycles. The van der Waals surface area contributed by atoms with Crippen molar-refractivity contribution in [2.75, 3.05) is 12.4 Å². The lowest BCUT2D eigenvalue weighted by atomic mass is 10.3. The molecule has 0 atom stereocenters. The molecule has 0 aliphatic rings. The summed E-state index contributed by atoms with van der Waals surface area (Å²) in [5.41, 5.74) is 7.36. The molecule has 0 spiro atoms. The topological polar surface area (TPSA) is 38.4 Å². The Hall–Kier alpha value is -1.38. The van der Waals surface area contributed by atoms with Gasteiger partial charge in [-0.15, -0.1) is 0 Å². The molecular weight excluding hydrogens is 155 g/mol. The number of halogens is 1. The largest absolute Gasteiger partial charge is 0.399 e. The van der Waals surface area contributed by atoms with Gasteiger partial charge in [-0.25, -0.2) is 4.39 Å². The quantitative estimate of drug-likeness (QED) is 0.531. The fraction of sp³-hybridized carbons (Fsp3) is 0.222. The Balaban J connectivity index is 2.84. The summed E-state index contributed by atoms with van der Waals surface area (Å²) in [6, 6.07) is 7.00. The zero-order valence-electron chi connectivity index (χ0n) is 6.92. The minimum atomic E-state index is -0.510. The van der Waals surface area contributed by atoms with Crippen molar-refractivity contribution in [3.8, 4) is 0 Å². The van der Waals surface area contributed by atoms with Crippen molar-refractivity contribution in [3.63, 3.8) is 0 Å². The van der Waals surface area contributed by atoms with Crippen molar-refractivity contribution in [3.05, 3.63) is 24.3 Å². The van der Waals surface area contributed by atoms with Gasteiger partial charge in [-0.2, -0.15) is 0 Å². The van der Waals surface area contributed by atoms with Gasteiger partial charge in [-0.05, 0) is 31.2 Å². The predicted molar refractivity (Wildman–Crippen MR) is 49.6 cm³/mol. The van der Waals surface area contributed by atoms with Crippen molar-refractivity contribution in [2.24, 2.45) is 4.99 Å². The molecule has 64 valence electrons. The molecule has 0 fully saturated rings. The van der Waals surface area contributed by atoms with Gasteiger partial charge in [-0.3, -0.25) is 4.99 Å². The Bertz CT molecular complexity index is 277. The van der Waals surface area contributed by atoms with Gasteiger partial charge in [0.2, 0.25) is 0 Å². The second kappa shape index (κ2) is 3.85. The van der Waals surface area contributed by atoms with Crippen molar-refractivity contribution < 1.29 is 4.39 Å². The van der Waals surface area contributed by atoms with Crippen LogP contribution in [-0.4, -0.2) is 12.4 Å². The molecule has 3 heteroatoms. The zero-order chi connectivity index (χ0) is 8.97. The highest BCUT2D eigenvalue weighted by molar-refractivity contribution is 5.85. The molecule has 0 heterocycles. The summed E-state index contributed by atoms with van der Waals surface area (Å²) >= 11 is 0. The fourth-order valence-electron chi connectivity index (χ4n) is 0.799. The number of aliphatic imine (C=N–C) groups is 1. The molecule has 12 heavy (non-hydrogen) atoms. The minimum absolute atomic E-state index is 0.472. The SMILES string of the molecule is CC(CF)=Nc1ccc(N)cc1. The average Bonchev–Trinajstić information content (AvgIpc) is 2.09. The van der Waals surface area contributed by atoms with E-state index in [1.807, 2.05) is 0 Å². The number of benzene rings is 1. The highest BCUT2D eigenvalue weighted by atomic mass is 19.1. The number of nitrogen functional groups attached to an aromatic ring is 1. The van der Waals surface area contributed by atoms with Gasteiger partial charge < -0.3 is 5.73 Å². The summed E-state index contributed by atoms with van der Waals surface area (Å²) in [4.78, 5) is 4.00. The van der Waals surface area contributed by atoms with Crippen molar-refractivity contribution in [2.45, 2.75) is 6.92 Å². The predicted octanol–water partition coefficient (Wildman–Crippen LogP) is 2.33. The van der Waals surface area contributed by atoms with E-state index in [0.717, 1.165) is 5.69 Å². The Morgan fingerprint density at radius 1 is 1.42 bits per heavy atom. The second-order valence-corrected chi connectivity index (χ2v) is 2.57. The van der Waals surface area contributed by atoms with Gasteiger partial charge >= 0.3 is 0 Å². The number of nitrogens with zero attached hydrogens (tertiary/aromatic N) is 1. The standard InChI is InChI=1S/C9H11FN2/c1-7(6-10)12-9-4-2-8(11)3-5-9/h2-5H,6,11H2,1H3. The van der Waals surface area contributed by atoms with Gasteiger partial charge in [0.05, 0.1) is 5.69 Å². The van der Waals surface area contributed by atoms with Gasteiger partial charge in [0, 0.05) is 11.4 Å². The summed E-state index contributed by atoms with van der Waals surface area (Å²) in [6.07, 6.45) is 0. The molecule has 0 unspecified atom stereocenters. The first-order valence-corrected chi connectivity index (χ1v) is 3.68. The smallest absolute Gasteiger partial charge is 0.127 e. The lowest BCUT2D eigenvalue weighted by Gasteiger charge is -1.96. The van der Waals surface area contributed by atoms with E-state index in [9.17, 15) is 4.39 Å². The van der Waals surface area contributed by atoms with Crippen LogP contribution in [0.1, 0.15) is 6.92 Å². The molecule has 0 amide bonds. The Kier molecular flexibility index (Phi) is 2.80. The van der Waals surface area contributed by atoms with Gasteiger partial charge in [0.25, 0.3) is 0 Å². The summed E-state index contributed by atoms with van der Waals surface area (Å²) in [6.45, 7) is 1.14. The highest BCUT2D eigenvalue weighted by Gasteiger charge is 1.91. The zero-order valence-corrected chi connectivity index (χ0v) is 6.92. The van der Waals surface area contributed by atoms with E-state index in [1.54, 1.807) is 31.2 Å².